The van der Waals surface area contributed by atoms with E-state index >= 15 is 0 Å². The molecule has 0 fully saturated rings. The van der Waals surface area contributed by atoms with Gasteiger partial charge in [-0.05, 0) is 129 Å². The summed E-state index contributed by atoms with van der Waals surface area (Å²) in [4.78, 5) is 2.37. The minimum Gasteiger partial charge on any atom is -0.344 e. The average molecular weight is 690 g/mol. The second-order valence-electron chi connectivity index (χ2n) is 15.8. The highest BCUT2D eigenvalue weighted by Gasteiger charge is 2.35. The highest BCUT2D eigenvalue weighted by molar-refractivity contribution is 6.22. The molecule has 0 radical (unpaired) electrons. The third-order valence-electron chi connectivity index (χ3n) is 12.4. The maximum Gasteiger partial charge on any atom is 0.0450 e. The van der Waals surface area contributed by atoms with Gasteiger partial charge >= 0.3 is 0 Å². The lowest BCUT2D eigenvalue weighted by atomic mass is 9.81. The number of hydrogen-bond donors (Lipinski definition) is 0. The van der Waals surface area contributed by atoms with Gasteiger partial charge in [-0.2, -0.15) is 0 Å². The molecular formula is C53H39N. The molecule has 11 rings (SSSR count). The van der Waals surface area contributed by atoms with E-state index in [4.69, 9.17) is 0 Å². The first kappa shape index (κ1) is 31.1. The van der Waals surface area contributed by atoms with E-state index in [0.717, 1.165) is 6.42 Å². The Morgan fingerprint density at radius 3 is 1.87 bits per heavy atom. The maximum absolute atomic E-state index is 2.47. The predicted molar refractivity (Wildman–Crippen MR) is 230 cm³/mol. The molecule has 1 aliphatic carbocycles. The van der Waals surface area contributed by atoms with Crippen LogP contribution in [0.4, 0.5) is 11.4 Å². The Hall–Kier alpha value is -6.44. The van der Waals surface area contributed by atoms with Crippen LogP contribution in [0.15, 0.2) is 170 Å². The molecular weight excluding hydrogens is 651 g/mol. The van der Waals surface area contributed by atoms with E-state index in [0.29, 0.717) is 0 Å². The van der Waals surface area contributed by atoms with Gasteiger partial charge in [0, 0.05) is 30.3 Å². The molecule has 0 aromatic heterocycles. The zero-order valence-electron chi connectivity index (χ0n) is 30.8. The van der Waals surface area contributed by atoms with Gasteiger partial charge in [-0.3, -0.25) is 0 Å². The van der Waals surface area contributed by atoms with Crippen LogP contribution in [0.1, 0.15) is 36.1 Å². The van der Waals surface area contributed by atoms with Crippen LogP contribution in [0.3, 0.4) is 0 Å². The summed E-state index contributed by atoms with van der Waals surface area (Å²) in [5, 5.41) is 7.62. The maximum atomic E-state index is 2.47. The second kappa shape index (κ2) is 11.5. The van der Waals surface area contributed by atoms with Crippen molar-refractivity contribution in [3.8, 4) is 44.5 Å². The van der Waals surface area contributed by atoms with E-state index in [1.807, 2.05) is 0 Å². The summed E-state index contributed by atoms with van der Waals surface area (Å²) in [5.74, 6) is 0. The Bertz CT molecular complexity index is 3020. The van der Waals surface area contributed by atoms with E-state index in [2.05, 4.69) is 196 Å². The van der Waals surface area contributed by atoms with Crippen LogP contribution in [0.2, 0.25) is 0 Å². The van der Waals surface area contributed by atoms with Crippen LogP contribution in [0.5, 0.6) is 0 Å². The van der Waals surface area contributed by atoms with Crippen LogP contribution in [-0.2, 0) is 11.8 Å². The Labute approximate surface area is 316 Å². The van der Waals surface area contributed by atoms with Crippen molar-refractivity contribution in [2.45, 2.75) is 25.7 Å². The van der Waals surface area contributed by atoms with Crippen LogP contribution in [0, 0.1) is 0 Å². The highest BCUT2D eigenvalue weighted by Crippen LogP contribution is 2.52. The summed E-state index contributed by atoms with van der Waals surface area (Å²) in [6.45, 7) is 4.72. The Kier molecular flexibility index (Phi) is 6.64. The summed E-state index contributed by atoms with van der Waals surface area (Å²) in [7, 11) is 2.21. The van der Waals surface area contributed by atoms with Gasteiger partial charge in [0.1, 0.15) is 0 Å². The monoisotopic (exact) mass is 689 g/mol. The molecule has 0 N–H and O–H groups in total. The number of anilines is 2. The van der Waals surface area contributed by atoms with Crippen molar-refractivity contribution >= 4 is 43.7 Å². The van der Waals surface area contributed by atoms with Crippen molar-refractivity contribution in [3.05, 3.63) is 192 Å². The second-order valence-corrected chi connectivity index (χ2v) is 15.8. The Morgan fingerprint density at radius 1 is 0.407 bits per heavy atom. The minimum atomic E-state index is -0.0399. The summed E-state index contributed by atoms with van der Waals surface area (Å²) >= 11 is 0. The van der Waals surface area contributed by atoms with E-state index in [1.165, 1.54) is 110 Å². The molecule has 1 aliphatic heterocycles. The number of para-hydroxylation sites is 1. The molecule has 256 valence electrons. The van der Waals surface area contributed by atoms with Crippen molar-refractivity contribution in [3.63, 3.8) is 0 Å². The van der Waals surface area contributed by atoms with Gasteiger partial charge in [0.2, 0.25) is 0 Å². The first-order valence-corrected chi connectivity index (χ1v) is 19.1. The van der Waals surface area contributed by atoms with Crippen molar-refractivity contribution in [1.29, 1.82) is 0 Å². The summed E-state index contributed by atoms with van der Waals surface area (Å²) in [5.41, 5.74) is 18.3. The van der Waals surface area contributed by atoms with E-state index < -0.39 is 0 Å². The smallest absolute Gasteiger partial charge is 0.0450 e. The molecule has 9 aromatic carbocycles. The predicted octanol–water partition coefficient (Wildman–Crippen LogP) is 14.1. The third-order valence-corrected chi connectivity index (χ3v) is 12.4. The first-order valence-electron chi connectivity index (χ1n) is 19.1. The van der Waals surface area contributed by atoms with Gasteiger partial charge in [-0.15, -0.1) is 0 Å². The molecule has 1 nitrogen and oxygen atoms in total. The van der Waals surface area contributed by atoms with Crippen molar-refractivity contribution in [2.24, 2.45) is 0 Å². The molecule has 0 unspecified atom stereocenters. The van der Waals surface area contributed by atoms with Crippen LogP contribution < -0.4 is 4.90 Å². The van der Waals surface area contributed by atoms with Gasteiger partial charge in [0.05, 0.1) is 0 Å². The molecule has 1 heterocycles. The molecule has 0 saturated heterocycles. The summed E-state index contributed by atoms with van der Waals surface area (Å²) in [6.07, 6.45) is 0.948. The van der Waals surface area contributed by atoms with Crippen molar-refractivity contribution in [2.75, 3.05) is 11.9 Å². The first-order chi connectivity index (χ1) is 26.4. The largest absolute Gasteiger partial charge is 0.344 e. The van der Waals surface area contributed by atoms with Gasteiger partial charge in [0.25, 0.3) is 0 Å². The van der Waals surface area contributed by atoms with Gasteiger partial charge in [-0.25, -0.2) is 0 Å². The summed E-state index contributed by atoms with van der Waals surface area (Å²) < 4.78 is 0. The SMILES string of the molecule is CN1c2ccccc2Cc2ccc(-c3c4ccccc4c(-c4ccc5c(c4)-c4ccccc4C5(C)C)c4cc(-c5ccc6ccccc6c5)ccc34)cc21. The lowest BCUT2D eigenvalue weighted by Gasteiger charge is -2.31. The van der Waals surface area contributed by atoms with Gasteiger partial charge < -0.3 is 4.90 Å². The molecule has 2 aliphatic rings. The molecule has 54 heavy (non-hydrogen) atoms. The fraction of sp³-hybridized carbons (Fsp3) is 0.0943. The molecule has 0 atom stereocenters. The lowest BCUT2D eigenvalue weighted by molar-refractivity contribution is 0.660. The topological polar surface area (TPSA) is 3.24 Å². The van der Waals surface area contributed by atoms with E-state index in [1.54, 1.807) is 0 Å². The van der Waals surface area contributed by atoms with Crippen LogP contribution in [-0.4, -0.2) is 7.05 Å². The number of rotatable bonds is 3. The molecule has 0 saturated carbocycles. The highest BCUT2D eigenvalue weighted by atomic mass is 15.1. The van der Waals surface area contributed by atoms with Crippen molar-refractivity contribution < 1.29 is 0 Å². The number of fused-ring (bicyclic) bond motifs is 8. The van der Waals surface area contributed by atoms with Crippen LogP contribution in [0.25, 0.3) is 76.8 Å². The molecule has 0 spiro atoms. The normalized spacial score (nSPS) is 13.9. The fourth-order valence-corrected chi connectivity index (χ4v) is 9.73. The third kappa shape index (κ3) is 4.51. The Morgan fingerprint density at radius 2 is 1.00 bits per heavy atom. The zero-order valence-corrected chi connectivity index (χ0v) is 30.8. The Balaban J connectivity index is 1.19. The standard InChI is InChI=1S/C53H39N/c1-53(2)47-18-10-9-15-41(47)45-31-39(25-27-48(45)53)52-43-17-8-7-16-42(43)51(40-23-22-38-29-37-14-6-11-19-49(37)54(3)50(38)32-40)44-26-24-36(30-46(44)52)35-21-20-33-12-4-5-13-34(33)28-35/h4-28,30-32H,29H2,1-3H3. The number of hydrogen-bond acceptors (Lipinski definition) is 1. The fourth-order valence-electron chi connectivity index (χ4n) is 9.73. The summed E-state index contributed by atoms with van der Waals surface area (Å²) in [6, 6.07) is 63.9. The average Bonchev–Trinajstić information content (AvgIpc) is 3.45. The van der Waals surface area contributed by atoms with Crippen molar-refractivity contribution in [1.82, 2.24) is 0 Å². The minimum absolute atomic E-state index is 0.0399. The van der Waals surface area contributed by atoms with Crippen LogP contribution >= 0.6 is 0 Å². The van der Waals surface area contributed by atoms with E-state index in [-0.39, 0.29) is 5.41 Å². The molecule has 1 heteroatoms. The number of nitrogens with zero attached hydrogens (tertiary/aromatic N) is 1. The zero-order chi connectivity index (χ0) is 36.1. The van der Waals surface area contributed by atoms with Gasteiger partial charge in [0.15, 0.2) is 0 Å². The van der Waals surface area contributed by atoms with Gasteiger partial charge in [-0.1, -0.05) is 153 Å². The number of benzene rings is 9. The quantitative estimate of drug-likeness (QED) is 0.167. The molecule has 0 bridgehead atoms. The molecule has 0 amide bonds. The van der Waals surface area contributed by atoms with E-state index in [9.17, 15) is 0 Å². The molecule has 9 aromatic rings. The lowest BCUT2D eigenvalue weighted by Crippen LogP contribution is -2.18.